The largest absolute Gasteiger partial charge is 0.375 e. The highest BCUT2D eigenvalue weighted by Crippen LogP contribution is 2.31. The molecule has 0 bridgehead atoms. The first-order valence-electron chi connectivity index (χ1n) is 8.96. The Labute approximate surface area is 174 Å². The minimum atomic E-state index is -3.34. The first kappa shape index (κ1) is 21.3. The molecule has 0 spiro atoms. The molecule has 0 aromatic heterocycles. The van der Waals surface area contributed by atoms with Crippen molar-refractivity contribution in [1.82, 2.24) is 4.90 Å². The smallest absolute Gasteiger partial charge is 0.296 e. The number of hydrogen-bond acceptors (Lipinski definition) is 4. The van der Waals surface area contributed by atoms with Crippen LogP contribution in [0.4, 0.5) is 8.78 Å². The molecule has 0 saturated carbocycles. The minimum absolute atomic E-state index is 0.0519. The van der Waals surface area contributed by atoms with E-state index in [-0.39, 0.29) is 36.0 Å². The fraction of sp³-hybridized carbons (Fsp3) is 0.286. The second-order valence-electron chi connectivity index (χ2n) is 6.52. The third-order valence-electron chi connectivity index (χ3n) is 4.57. The molecule has 0 aliphatic carbocycles. The maximum Gasteiger partial charge on any atom is 0.296 e. The third-order valence-corrected chi connectivity index (χ3v) is 5.08. The van der Waals surface area contributed by atoms with Crippen molar-refractivity contribution in [2.45, 2.75) is 12.3 Å². The second kappa shape index (κ2) is 8.92. The first-order chi connectivity index (χ1) is 13.9. The molecule has 0 unspecified atom stereocenters. The van der Waals surface area contributed by atoms with E-state index < -0.39 is 30.1 Å². The van der Waals surface area contributed by atoms with Crippen LogP contribution in [0, 0.1) is 0 Å². The molecule has 0 N–H and O–H groups in total. The summed E-state index contributed by atoms with van der Waals surface area (Å²) in [6, 6.07) is 12.0. The van der Waals surface area contributed by atoms with Crippen LogP contribution in [0.1, 0.15) is 43.1 Å². The van der Waals surface area contributed by atoms with Crippen LogP contribution in [0.3, 0.4) is 0 Å². The van der Waals surface area contributed by atoms with E-state index in [2.05, 4.69) is 15.9 Å². The number of alkyl halides is 3. The lowest BCUT2D eigenvalue weighted by atomic mass is 9.99. The Morgan fingerprint density at radius 1 is 1.00 bits per heavy atom. The number of halogens is 3. The molecule has 0 atom stereocenters. The number of benzene rings is 2. The lowest BCUT2D eigenvalue weighted by molar-refractivity contribution is -0.0835. The summed E-state index contributed by atoms with van der Waals surface area (Å²) >= 11 is 2.99. The zero-order valence-corrected chi connectivity index (χ0v) is 17.0. The number of rotatable bonds is 9. The Bertz CT molecular complexity index is 913. The molecular weight excluding hydrogens is 448 g/mol. The molecule has 5 nitrogen and oxygen atoms in total. The van der Waals surface area contributed by atoms with Crippen LogP contribution in [0.2, 0.25) is 0 Å². The van der Waals surface area contributed by atoms with Crippen molar-refractivity contribution in [3.8, 4) is 0 Å². The molecule has 1 aliphatic heterocycles. The molecular formula is C21H18BrF2NO4. The van der Waals surface area contributed by atoms with Crippen LogP contribution < -0.4 is 0 Å². The third kappa shape index (κ3) is 4.43. The number of amides is 2. The average molecular weight is 466 g/mol. The fourth-order valence-electron chi connectivity index (χ4n) is 3.16. The van der Waals surface area contributed by atoms with Crippen molar-refractivity contribution in [1.29, 1.82) is 0 Å². The van der Waals surface area contributed by atoms with Crippen LogP contribution in [0.15, 0.2) is 48.5 Å². The topological polar surface area (TPSA) is 63.7 Å². The van der Waals surface area contributed by atoms with E-state index in [0.717, 1.165) is 4.90 Å². The van der Waals surface area contributed by atoms with Gasteiger partial charge in [0.25, 0.3) is 17.7 Å². The van der Waals surface area contributed by atoms with Crippen LogP contribution in [0.25, 0.3) is 0 Å². The van der Waals surface area contributed by atoms with Crippen molar-refractivity contribution in [3.05, 3.63) is 70.8 Å². The molecule has 3 rings (SSSR count). The van der Waals surface area contributed by atoms with Crippen LogP contribution in [0.5, 0.6) is 0 Å². The minimum Gasteiger partial charge on any atom is -0.375 e. The molecule has 2 amide bonds. The van der Waals surface area contributed by atoms with Gasteiger partial charge in [-0.2, -0.15) is 8.78 Å². The van der Waals surface area contributed by atoms with Gasteiger partial charge in [-0.25, -0.2) is 0 Å². The summed E-state index contributed by atoms with van der Waals surface area (Å²) in [5.41, 5.74) is 0.254. The molecule has 0 saturated heterocycles. The number of ketones is 1. The quantitative estimate of drug-likeness (QED) is 0.242. The van der Waals surface area contributed by atoms with Crippen LogP contribution in [-0.4, -0.2) is 47.6 Å². The van der Waals surface area contributed by atoms with E-state index in [0.29, 0.717) is 11.1 Å². The normalized spacial score (nSPS) is 13.7. The molecule has 1 aliphatic rings. The maximum absolute atomic E-state index is 14.5. The Kier molecular flexibility index (Phi) is 6.54. The Balaban J connectivity index is 1.53. The van der Waals surface area contributed by atoms with Crippen LogP contribution in [-0.2, 0) is 10.7 Å². The molecule has 0 radical (unpaired) electrons. The Morgan fingerprint density at radius 3 is 2.21 bits per heavy atom. The van der Waals surface area contributed by atoms with Crippen molar-refractivity contribution in [2.75, 3.05) is 25.1 Å². The van der Waals surface area contributed by atoms with Crippen LogP contribution >= 0.6 is 15.9 Å². The number of fused-ring (bicyclic) bond motifs is 1. The number of nitrogens with zero attached hydrogens (tertiary/aromatic N) is 1. The van der Waals surface area contributed by atoms with E-state index in [1.807, 2.05) is 0 Å². The lowest BCUT2D eigenvalue weighted by Crippen LogP contribution is -2.31. The molecule has 2 aromatic rings. The molecule has 8 heteroatoms. The Morgan fingerprint density at radius 2 is 1.59 bits per heavy atom. The molecule has 2 aromatic carbocycles. The van der Waals surface area contributed by atoms with Crippen molar-refractivity contribution >= 4 is 33.5 Å². The summed E-state index contributed by atoms with van der Waals surface area (Å²) in [5.74, 6) is -4.56. The standard InChI is InChI=1S/C21H18BrF2NO4/c22-12-18(26)16-8-3-4-9-17(16)21(23,24)13-29-11-5-10-25-19(27)14-6-1-2-7-15(14)20(25)28/h1-4,6-9H,5,10-13H2. The highest BCUT2D eigenvalue weighted by Gasteiger charge is 2.36. The predicted molar refractivity (Wildman–Crippen MR) is 106 cm³/mol. The predicted octanol–water partition coefficient (Wildman–Crippen LogP) is 4.06. The van der Waals surface area contributed by atoms with Gasteiger partial charge in [0.05, 0.1) is 16.5 Å². The van der Waals surface area contributed by atoms with Gasteiger partial charge in [0.15, 0.2) is 5.78 Å². The van der Waals surface area contributed by atoms with Gasteiger partial charge >= 0.3 is 0 Å². The van der Waals surface area contributed by atoms with Gasteiger partial charge in [-0.15, -0.1) is 0 Å². The zero-order valence-electron chi connectivity index (χ0n) is 15.4. The Hall–Kier alpha value is -2.45. The molecule has 152 valence electrons. The van der Waals surface area contributed by atoms with E-state index in [9.17, 15) is 23.2 Å². The van der Waals surface area contributed by atoms with Gasteiger partial charge in [-0.05, 0) is 18.6 Å². The van der Waals surface area contributed by atoms with E-state index in [1.54, 1.807) is 24.3 Å². The summed E-state index contributed by atoms with van der Waals surface area (Å²) in [4.78, 5) is 37.5. The maximum atomic E-state index is 14.5. The van der Waals surface area contributed by atoms with Gasteiger partial charge < -0.3 is 4.74 Å². The van der Waals surface area contributed by atoms with Gasteiger partial charge in [-0.1, -0.05) is 52.3 Å². The fourth-order valence-corrected chi connectivity index (χ4v) is 3.46. The summed E-state index contributed by atoms with van der Waals surface area (Å²) < 4.78 is 34.2. The lowest BCUT2D eigenvalue weighted by Gasteiger charge is -2.20. The number of carbonyl (C=O) groups is 3. The zero-order chi connectivity index (χ0) is 21.0. The second-order valence-corrected chi connectivity index (χ2v) is 7.08. The summed E-state index contributed by atoms with van der Waals surface area (Å²) in [7, 11) is 0. The number of imide groups is 1. The van der Waals surface area contributed by atoms with E-state index in [4.69, 9.17) is 4.74 Å². The van der Waals surface area contributed by atoms with Gasteiger partial charge in [0, 0.05) is 24.3 Å². The number of ether oxygens (including phenoxy) is 1. The van der Waals surface area contributed by atoms with Gasteiger partial charge in [0.1, 0.15) is 6.61 Å². The number of carbonyl (C=O) groups excluding carboxylic acids is 3. The van der Waals surface area contributed by atoms with Crippen molar-refractivity contribution in [2.24, 2.45) is 0 Å². The van der Waals surface area contributed by atoms with Crippen molar-refractivity contribution in [3.63, 3.8) is 0 Å². The summed E-state index contributed by atoms with van der Waals surface area (Å²) in [5, 5.41) is -0.0543. The molecule has 1 heterocycles. The average Bonchev–Trinajstić information content (AvgIpc) is 2.98. The van der Waals surface area contributed by atoms with Gasteiger partial charge in [0.2, 0.25) is 0 Å². The van der Waals surface area contributed by atoms with E-state index in [1.165, 1.54) is 24.3 Å². The molecule has 0 fully saturated rings. The first-order valence-corrected chi connectivity index (χ1v) is 10.1. The summed E-state index contributed by atoms with van der Waals surface area (Å²) in [6.07, 6.45) is 0.226. The monoisotopic (exact) mass is 465 g/mol. The van der Waals surface area contributed by atoms with E-state index >= 15 is 0 Å². The number of Topliss-reactive ketones (excluding diaryl/α,β-unsaturated/α-hetero) is 1. The van der Waals surface area contributed by atoms with Gasteiger partial charge in [-0.3, -0.25) is 19.3 Å². The van der Waals surface area contributed by atoms with Crippen molar-refractivity contribution < 1.29 is 27.9 Å². The SMILES string of the molecule is O=C(CBr)c1ccccc1C(F)(F)COCCCN1C(=O)c2ccccc2C1=O. The highest BCUT2D eigenvalue weighted by atomic mass is 79.9. The molecule has 29 heavy (non-hydrogen) atoms. The summed E-state index contributed by atoms with van der Waals surface area (Å²) in [6.45, 7) is -0.879. The highest BCUT2D eigenvalue weighted by molar-refractivity contribution is 9.09. The number of hydrogen-bond donors (Lipinski definition) is 0.